The Morgan fingerprint density at radius 1 is 1.23 bits per heavy atom. The van der Waals surface area contributed by atoms with Crippen LogP contribution in [0.3, 0.4) is 0 Å². The van der Waals surface area contributed by atoms with Gasteiger partial charge in [-0.1, -0.05) is 11.6 Å². The van der Waals surface area contributed by atoms with E-state index in [-0.39, 0.29) is 5.16 Å². The molecule has 3 aromatic rings. The minimum absolute atomic E-state index is 0.269. The maximum Gasteiger partial charge on any atom is 0.265 e. The smallest absolute Gasteiger partial charge is 0.265 e. The van der Waals surface area contributed by atoms with E-state index in [1.165, 1.54) is 17.8 Å². The van der Waals surface area contributed by atoms with Crippen LogP contribution in [0.25, 0.3) is 16.8 Å². The number of hydrogen-bond donors (Lipinski definition) is 0. The zero-order valence-electron chi connectivity index (χ0n) is 11.7. The zero-order chi connectivity index (χ0) is 15.9. The van der Waals surface area contributed by atoms with Crippen molar-refractivity contribution < 1.29 is 13.2 Å². The fraction of sp³-hybridized carbons (Fsp3) is 0.154. The molecule has 0 bridgehead atoms. The third-order valence-corrected chi connectivity index (χ3v) is 4.17. The molecule has 0 aliphatic heterocycles. The molecule has 0 unspecified atom stereocenters. The summed E-state index contributed by atoms with van der Waals surface area (Å²) in [6.45, 7) is 0. The molecular formula is C13H11ClN4O3S. The van der Waals surface area contributed by atoms with Gasteiger partial charge in [0.1, 0.15) is 5.52 Å². The Morgan fingerprint density at radius 2 is 2.00 bits per heavy atom. The Bertz CT molecular complexity index is 951. The van der Waals surface area contributed by atoms with Crippen molar-refractivity contribution >= 4 is 27.0 Å². The lowest BCUT2D eigenvalue weighted by Crippen LogP contribution is -2.08. The van der Waals surface area contributed by atoms with Crippen molar-refractivity contribution in [3.63, 3.8) is 0 Å². The Morgan fingerprint density at radius 3 is 2.59 bits per heavy atom. The fourth-order valence-electron chi connectivity index (χ4n) is 1.97. The second-order valence-corrected chi connectivity index (χ2v) is 6.89. The summed E-state index contributed by atoms with van der Waals surface area (Å²) in [6, 6.07) is 5.16. The van der Waals surface area contributed by atoms with Gasteiger partial charge in [-0.25, -0.2) is 22.9 Å². The highest BCUT2D eigenvalue weighted by atomic mass is 35.5. The van der Waals surface area contributed by atoms with E-state index in [2.05, 4.69) is 15.1 Å². The summed E-state index contributed by atoms with van der Waals surface area (Å²) < 4.78 is 29.7. The van der Waals surface area contributed by atoms with E-state index >= 15 is 0 Å². The molecule has 3 rings (SSSR count). The molecule has 0 amide bonds. The maximum absolute atomic E-state index is 11.6. The van der Waals surface area contributed by atoms with Gasteiger partial charge in [-0.05, 0) is 12.1 Å². The second kappa shape index (κ2) is 5.22. The summed E-state index contributed by atoms with van der Waals surface area (Å²) in [5.41, 5.74) is 1.85. The molecule has 0 aliphatic rings. The molecule has 0 spiro atoms. The minimum atomic E-state index is -3.52. The normalized spacial score (nSPS) is 11.8. The van der Waals surface area contributed by atoms with E-state index < -0.39 is 9.84 Å². The summed E-state index contributed by atoms with van der Waals surface area (Å²) in [6.07, 6.45) is 4.03. The number of aromatic nitrogens is 4. The molecule has 0 saturated carbocycles. The van der Waals surface area contributed by atoms with Crippen LogP contribution in [0.5, 0.6) is 5.88 Å². The average molecular weight is 339 g/mol. The van der Waals surface area contributed by atoms with Crippen molar-refractivity contribution in [3.8, 4) is 17.1 Å². The first kappa shape index (κ1) is 14.7. The quantitative estimate of drug-likeness (QED) is 0.724. The van der Waals surface area contributed by atoms with Crippen LogP contribution in [0.1, 0.15) is 0 Å². The van der Waals surface area contributed by atoms with Crippen LogP contribution in [0.15, 0.2) is 35.7 Å². The number of nitrogens with zero attached hydrogens (tertiary/aromatic N) is 4. The van der Waals surface area contributed by atoms with E-state index in [4.69, 9.17) is 16.3 Å². The molecule has 0 aromatic carbocycles. The molecule has 22 heavy (non-hydrogen) atoms. The van der Waals surface area contributed by atoms with Crippen LogP contribution in [-0.2, 0) is 9.84 Å². The van der Waals surface area contributed by atoms with Crippen LogP contribution in [0, 0.1) is 0 Å². The van der Waals surface area contributed by atoms with E-state index in [1.807, 2.05) is 0 Å². The number of methoxy groups -OCH3 is 1. The lowest BCUT2D eigenvalue weighted by molar-refractivity contribution is 0.398. The van der Waals surface area contributed by atoms with Gasteiger partial charge in [0.25, 0.3) is 5.16 Å². The highest BCUT2D eigenvalue weighted by molar-refractivity contribution is 7.90. The van der Waals surface area contributed by atoms with Crippen molar-refractivity contribution in [1.82, 2.24) is 19.6 Å². The highest BCUT2D eigenvalue weighted by Gasteiger charge is 2.16. The van der Waals surface area contributed by atoms with E-state index in [0.717, 1.165) is 11.8 Å². The topological polar surface area (TPSA) is 86.5 Å². The predicted molar refractivity (Wildman–Crippen MR) is 80.9 cm³/mol. The first-order valence-electron chi connectivity index (χ1n) is 6.15. The molecule has 9 heteroatoms. The second-order valence-electron chi connectivity index (χ2n) is 4.58. The van der Waals surface area contributed by atoms with Crippen LogP contribution < -0.4 is 4.74 Å². The van der Waals surface area contributed by atoms with Crippen molar-refractivity contribution in [2.45, 2.75) is 5.16 Å². The van der Waals surface area contributed by atoms with Crippen LogP contribution in [0.2, 0.25) is 5.02 Å². The first-order valence-corrected chi connectivity index (χ1v) is 8.42. The maximum atomic E-state index is 11.6. The van der Waals surface area contributed by atoms with Gasteiger partial charge in [0.15, 0.2) is 0 Å². The molecule has 0 aliphatic carbocycles. The summed E-state index contributed by atoms with van der Waals surface area (Å²) in [5.74, 6) is 0.474. The standard InChI is InChI=1S/C13H11ClN4O3S/c1-21-12-4-3-8(6-15-12)10-5-9(14)11-7-16-13(17-18(10)11)22(2,19)20/h3-7H,1-2H3. The Kier molecular flexibility index (Phi) is 3.50. The summed E-state index contributed by atoms with van der Waals surface area (Å²) >= 11 is 6.16. The Balaban J connectivity index is 2.24. The number of sulfone groups is 1. The van der Waals surface area contributed by atoms with Gasteiger partial charge in [-0.15, -0.1) is 5.10 Å². The van der Waals surface area contributed by atoms with Gasteiger partial charge < -0.3 is 4.74 Å². The zero-order valence-corrected chi connectivity index (χ0v) is 13.3. The highest BCUT2D eigenvalue weighted by Crippen LogP contribution is 2.28. The summed E-state index contributed by atoms with van der Waals surface area (Å²) in [4.78, 5) is 7.95. The molecule has 0 saturated heterocycles. The predicted octanol–water partition coefficient (Wildman–Crippen LogP) is 1.86. The Hall–Kier alpha value is -2.19. The third-order valence-electron chi connectivity index (χ3n) is 3.02. The Labute approximate surface area is 131 Å². The third kappa shape index (κ3) is 2.51. The molecule has 0 N–H and O–H groups in total. The largest absolute Gasteiger partial charge is 0.481 e. The lowest BCUT2D eigenvalue weighted by Gasteiger charge is -2.04. The first-order chi connectivity index (χ1) is 10.4. The lowest BCUT2D eigenvalue weighted by atomic mass is 10.2. The summed E-state index contributed by atoms with van der Waals surface area (Å²) in [7, 11) is -1.99. The van der Waals surface area contributed by atoms with Crippen LogP contribution in [0.4, 0.5) is 0 Å². The van der Waals surface area contributed by atoms with E-state index in [0.29, 0.717) is 22.1 Å². The van der Waals surface area contributed by atoms with E-state index in [9.17, 15) is 8.42 Å². The van der Waals surface area contributed by atoms with Crippen molar-refractivity contribution in [2.24, 2.45) is 0 Å². The van der Waals surface area contributed by atoms with Gasteiger partial charge in [-0.3, -0.25) is 0 Å². The molecule has 7 nitrogen and oxygen atoms in total. The average Bonchev–Trinajstić information content (AvgIpc) is 2.83. The van der Waals surface area contributed by atoms with Crippen LogP contribution >= 0.6 is 11.6 Å². The van der Waals surface area contributed by atoms with Gasteiger partial charge in [-0.2, -0.15) is 0 Å². The monoisotopic (exact) mass is 338 g/mol. The van der Waals surface area contributed by atoms with Crippen molar-refractivity contribution in [2.75, 3.05) is 13.4 Å². The molecule has 114 valence electrons. The minimum Gasteiger partial charge on any atom is -0.481 e. The molecule has 0 atom stereocenters. The van der Waals surface area contributed by atoms with Crippen molar-refractivity contribution in [3.05, 3.63) is 35.6 Å². The number of fused-ring (bicyclic) bond motifs is 1. The molecule has 0 radical (unpaired) electrons. The molecule has 3 aromatic heterocycles. The SMILES string of the molecule is COc1ccc(-c2cc(Cl)c3cnc(S(C)(=O)=O)nn23)cn1. The number of pyridine rings is 1. The van der Waals surface area contributed by atoms with E-state index in [1.54, 1.807) is 24.4 Å². The number of ether oxygens (including phenoxy) is 1. The van der Waals surface area contributed by atoms with Gasteiger partial charge >= 0.3 is 0 Å². The summed E-state index contributed by atoms with van der Waals surface area (Å²) in [5, 5.41) is 4.21. The fourth-order valence-corrected chi connectivity index (χ4v) is 2.67. The van der Waals surface area contributed by atoms with Crippen molar-refractivity contribution in [1.29, 1.82) is 0 Å². The van der Waals surface area contributed by atoms with Crippen LogP contribution in [-0.4, -0.2) is 41.4 Å². The molecular weight excluding hydrogens is 328 g/mol. The van der Waals surface area contributed by atoms with Gasteiger partial charge in [0.2, 0.25) is 15.7 Å². The number of hydrogen-bond acceptors (Lipinski definition) is 6. The molecule has 0 fully saturated rings. The van der Waals surface area contributed by atoms with Gasteiger partial charge in [0.05, 0.1) is 24.0 Å². The number of halogens is 1. The van der Waals surface area contributed by atoms with Gasteiger partial charge in [0, 0.05) is 24.1 Å². The molecule has 3 heterocycles. The number of rotatable bonds is 3.